The predicted molar refractivity (Wildman–Crippen MR) is 71.7 cm³/mol. The second-order valence-electron chi connectivity index (χ2n) is 4.52. The Morgan fingerprint density at radius 2 is 2.05 bits per heavy atom. The van der Waals surface area contributed by atoms with Gasteiger partial charge in [-0.3, -0.25) is 9.78 Å². The molecule has 1 rings (SSSR count). The summed E-state index contributed by atoms with van der Waals surface area (Å²) in [6.07, 6.45) is 3.01. The lowest BCUT2D eigenvalue weighted by atomic mass is 10.2. The van der Waals surface area contributed by atoms with E-state index in [-0.39, 0.29) is 5.75 Å². The van der Waals surface area contributed by atoms with Crippen LogP contribution < -0.4 is 5.32 Å². The predicted octanol–water partition coefficient (Wildman–Crippen LogP) is -0.106. The van der Waals surface area contributed by atoms with Crippen LogP contribution in [0.1, 0.15) is 18.1 Å². The molecule has 8 heteroatoms. The second kappa shape index (κ2) is 6.47. The quantitative estimate of drug-likeness (QED) is 0.758. The lowest BCUT2D eigenvalue weighted by Gasteiger charge is -2.13. The zero-order valence-electron chi connectivity index (χ0n) is 11.2. The van der Waals surface area contributed by atoms with E-state index in [1.165, 1.54) is 6.20 Å². The summed E-state index contributed by atoms with van der Waals surface area (Å²) < 4.78 is 23.9. The molecule has 0 aromatic carbocycles. The third-order valence-electron chi connectivity index (χ3n) is 2.41. The molecule has 0 saturated carbocycles. The van der Waals surface area contributed by atoms with Gasteiger partial charge in [0.25, 0.3) is 0 Å². The number of carboxylic acid groups (broad SMARTS) is 1. The lowest BCUT2D eigenvalue weighted by molar-refractivity contribution is -0.140. The van der Waals surface area contributed by atoms with Gasteiger partial charge in [-0.05, 0) is 18.1 Å². The molecule has 1 unspecified atom stereocenters. The molecule has 0 spiro atoms. The Labute approximate surface area is 116 Å². The van der Waals surface area contributed by atoms with Crippen LogP contribution in [-0.4, -0.2) is 42.2 Å². The smallest absolute Gasteiger partial charge is 0.327 e. The highest BCUT2D eigenvalue weighted by molar-refractivity contribution is 7.90. The van der Waals surface area contributed by atoms with Gasteiger partial charge in [0.1, 0.15) is 6.04 Å². The topological polar surface area (TPSA) is 113 Å². The molecule has 0 bridgehead atoms. The van der Waals surface area contributed by atoms with Gasteiger partial charge in [0.05, 0.1) is 11.5 Å². The third-order valence-corrected chi connectivity index (χ3v) is 4.03. The van der Waals surface area contributed by atoms with Crippen molar-refractivity contribution < 1.29 is 23.1 Å². The van der Waals surface area contributed by atoms with E-state index in [4.69, 9.17) is 5.11 Å². The fourth-order valence-corrected chi connectivity index (χ4v) is 3.20. The Balaban J connectivity index is 2.82. The molecule has 0 aliphatic heterocycles. The van der Waals surface area contributed by atoms with Gasteiger partial charge in [0.15, 0.2) is 9.84 Å². The van der Waals surface area contributed by atoms with E-state index in [2.05, 4.69) is 10.3 Å². The highest BCUT2D eigenvalue weighted by Crippen LogP contribution is 2.08. The number of carboxylic acids is 1. The van der Waals surface area contributed by atoms with Crippen LogP contribution >= 0.6 is 0 Å². The fraction of sp³-hybridized carbons (Fsp3) is 0.417. The lowest BCUT2D eigenvalue weighted by Crippen LogP contribution is -2.44. The van der Waals surface area contributed by atoms with Crippen LogP contribution in [0.2, 0.25) is 0 Å². The van der Waals surface area contributed by atoms with Gasteiger partial charge in [0, 0.05) is 19.3 Å². The van der Waals surface area contributed by atoms with Gasteiger partial charge in [-0.2, -0.15) is 0 Å². The largest absolute Gasteiger partial charge is 0.480 e. The van der Waals surface area contributed by atoms with Gasteiger partial charge >= 0.3 is 5.97 Å². The van der Waals surface area contributed by atoms with Gasteiger partial charge in [-0.1, -0.05) is 6.07 Å². The minimum Gasteiger partial charge on any atom is -0.480 e. The zero-order chi connectivity index (χ0) is 15.3. The van der Waals surface area contributed by atoms with Crippen molar-refractivity contribution in [3.63, 3.8) is 0 Å². The maximum Gasteiger partial charge on any atom is 0.327 e. The van der Waals surface area contributed by atoms with Crippen molar-refractivity contribution in [1.29, 1.82) is 0 Å². The van der Waals surface area contributed by atoms with E-state index in [1.54, 1.807) is 19.2 Å². The van der Waals surface area contributed by atoms with Crippen molar-refractivity contribution in [1.82, 2.24) is 10.3 Å². The number of aryl methyl sites for hydroxylation is 1. The molecule has 1 atom stereocenters. The number of pyridine rings is 1. The van der Waals surface area contributed by atoms with Crippen LogP contribution in [0.15, 0.2) is 18.5 Å². The van der Waals surface area contributed by atoms with Gasteiger partial charge in [-0.25, -0.2) is 13.2 Å². The van der Waals surface area contributed by atoms with E-state index in [0.717, 1.165) is 12.5 Å². The van der Waals surface area contributed by atoms with E-state index >= 15 is 0 Å². The molecule has 0 saturated heterocycles. The van der Waals surface area contributed by atoms with Crippen LogP contribution in [0.5, 0.6) is 0 Å². The molecular weight excluding hydrogens is 284 g/mol. The number of amides is 1. The van der Waals surface area contributed by atoms with Crippen molar-refractivity contribution in [3.8, 4) is 0 Å². The summed E-state index contributed by atoms with van der Waals surface area (Å²) in [5.74, 6) is -2.95. The van der Waals surface area contributed by atoms with Crippen molar-refractivity contribution >= 4 is 21.7 Å². The molecule has 110 valence electrons. The number of nitrogens with zero attached hydrogens (tertiary/aromatic N) is 1. The average molecular weight is 300 g/mol. The molecule has 0 fully saturated rings. The van der Waals surface area contributed by atoms with E-state index < -0.39 is 33.5 Å². The highest BCUT2D eigenvalue weighted by atomic mass is 32.2. The van der Waals surface area contributed by atoms with Crippen molar-refractivity contribution in [2.24, 2.45) is 0 Å². The first-order valence-electron chi connectivity index (χ1n) is 5.80. The fourth-order valence-electron chi connectivity index (χ4n) is 1.68. The number of aromatic nitrogens is 1. The zero-order valence-corrected chi connectivity index (χ0v) is 12.0. The first-order chi connectivity index (χ1) is 9.19. The Kier molecular flexibility index (Phi) is 5.20. The number of hydrogen-bond donors (Lipinski definition) is 2. The molecular formula is C12H16N2O5S. The molecule has 0 aliphatic rings. The average Bonchev–Trinajstić information content (AvgIpc) is 2.26. The maximum absolute atomic E-state index is 12.0. The number of hydrogen-bond acceptors (Lipinski definition) is 5. The van der Waals surface area contributed by atoms with Crippen LogP contribution in [0.4, 0.5) is 0 Å². The monoisotopic (exact) mass is 300 g/mol. The van der Waals surface area contributed by atoms with E-state index in [1.807, 2.05) is 0 Å². The molecule has 0 aliphatic carbocycles. The standard InChI is InChI=1S/C12H16N2O5S/c1-8-3-10(5-13-4-8)6-20(18,19)7-11(12(16)17)14-9(2)15/h3-5,11H,6-7H2,1-2H3,(H,14,15)(H,16,17). The Morgan fingerprint density at radius 1 is 1.40 bits per heavy atom. The minimum absolute atomic E-state index is 0.314. The second-order valence-corrected chi connectivity index (χ2v) is 6.63. The van der Waals surface area contributed by atoms with Crippen molar-refractivity contribution in [2.45, 2.75) is 25.6 Å². The molecule has 7 nitrogen and oxygen atoms in total. The highest BCUT2D eigenvalue weighted by Gasteiger charge is 2.26. The molecule has 0 radical (unpaired) electrons. The van der Waals surface area contributed by atoms with Crippen LogP contribution in [-0.2, 0) is 25.2 Å². The summed E-state index contributed by atoms with van der Waals surface area (Å²) >= 11 is 0. The summed E-state index contributed by atoms with van der Waals surface area (Å²) in [4.78, 5) is 25.7. The Bertz CT molecular complexity index is 612. The number of sulfone groups is 1. The molecule has 1 aromatic heterocycles. The first-order valence-corrected chi connectivity index (χ1v) is 7.62. The number of carbonyl (C=O) groups excluding carboxylic acids is 1. The van der Waals surface area contributed by atoms with Crippen LogP contribution in [0.3, 0.4) is 0 Å². The SMILES string of the molecule is CC(=O)NC(CS(=O)(=O)Cc1cncc(C)c1)C(=O)O. The van der Waals surface area contributed by atoms with Gasteiger partial charge in [-0.15, -0.1) is 0 Å². The molecule has 2 N–H and O–H groups in total. The summed E-state index contributed by atoms with van der Waals surface area (Å²) in [6, 6.07) is 0.217. The van der Waals surface area contributed by atoms with Gasteiger partial charge in [0.2, 0.25) is 5.91 Å². The van der Waals surface area contributed by atoms with E-state index in [9.17, 15) is 18.0 Å². The molecule has 1 heterocycles. The summed E-state index contributed by atoms with van der Waals surface area (Å²) in [5, 5.41) is 11.0. The van der Waals surface area contributed by atoms with Crippen molar-refractivity contribution in [3.05, 3.63) is 29.6 Å². The molecule has 20 heavy (non-hydrogen) atoms. The summed E-state index contributed by atoms with van der Waals surface area (Å²) in [5.41, 5.74) is 1.30. The summed E-state index contributed by atoms with van der Waals surface area (Å²) in [7, 11) is -3.68. The number of rotatable bonds is 6. The molecule has 1 amide bonds. The third kappa shape index (κ3) is 5.35. The van der Waals surface area contributed by atoms with Crippen molar-refractivity contribution in [2.75, 3.05) is 5.75 Å². The normalized spacial score (nSPS) is 12.7. The van der Waals surface area contributed by atoms with E-state index in [0.29, 0.717) is 5.56 Å². The maximum atomic E-state index is 12.0. The Morgan fingerprint density at radius 3 is 2.55 bits per heavy atom. The minimum atomic E-state index is -3.68. The number of aliphatic carboxylic acids is 1. The number of carbonyl (C=O) groups is 2. The number of nitrogens with one attached hydrogen (secondary N) is 1. The Hall–Kier alpha value is -1.96. The van der Waals surface area contributed by atoms with Crippen LogP contribution in [0.25, 0.3) is 0 Å². The molecule has 1 aromatic rings. The van der Waals surface area contributed by atoms with Crippen LogP contribution in [0, 0.1) is 6.92 Å². The van der Waals surface area contributed by atoms with Gasteiger partial charge < -0.3 is 10.4 Å². The first kappa shape index (κ1) is 16.1. The summed E-state index contributed by atoms with van der Waals surface area (Å²) in [6.45, 7) is 2.91.